The van der Waals surface area contributed by atoms with Crippen molar-refractivity contribution in [3.8, 4) is 5.75 Å². The van der Waals surface area contributed by atoms with Crippen molar-refractivity contribution in [2.24, 2.45) is 0 Å². The Labute approximate surface area is 218 Å². The Bertz CT molecular complexity index is 1500. The summed E-state index contributed by atoms with van der Waals surface area (Å²) in [5.74, 6) is 0.497. The minimum Gasteiger partial charge on any atom is -0.425 e. The van der Waals surface area contributed by atoms with E-state index in [0.29, 0.717) is 28.6 Å². The second-order valence-electron chi connectivity index (χ2n) is 9.41. The number of thioether (sulfide) groups is 1. The van der Waals surface area contributed by atoms with E-state index in [9.17, 15) is 19.7 Å². The lowest BCUT2D eigenvalue weighted by molar-refractivity contribution is -0.384. The van der Waals surface area contributed by atoms with Crippen molar-refractivity contribution in [1.29, 1.82) is 0 Å². The van der Waals surface area contributed by atoms with Crippen molar-refractivity contribution in [2.75, 3.05) is 16.9 Å². The molecular formula is C26H18BrN3O5S. The van der Waals surface area contributed by atoms with Crippen LogP contribution in [-0.2, 0) is 20.5 Å². The molecule has 4 aliphatic heterocycles. The maximum Gasteiger partial charge on any atom is 0.325 e. The minimum absolute atomic E-state index is 0.0274. The standard InChI is InChI=1S/C26H18BrN3O5S/c27-15-7-10-19-18(11-15)26(23(31)28-19)25(17-3-1-2-4-21(17)35-24(25)32)22(20-12-36-13-29(20)26)14-5-8-16(9-6-14)30(33)34/h1-11,20,22H,12-13H2,(H,28,31)/t20-,22-,25-,26-/m1/s1. The van der Waals surface area contributed by atoms with E-state index in [2.05, 4.69) is 26.1 Å². The Hall–Kier alpha value is -3.21. The maximum absolute atomic E-state index is 14.3. The molecule has 10 heteroatoms. The van der Waals surface area contributed by atoms with Gasteiger partial charge in [0.25, 0.3) is 11.6 Å². The number of nitro benzene ring substituents is 1. The molecule has 1 N–H and O–H groups in total. The third kappa shape index (κ3) is 2.44. The van der Waals surface area contributed by atoms with E-state index in [1.807, 2.05) is 36.4 Å². The van der Waals surface area contributed by atoms with Gasteiger partial charge in [-0.2, -0.15) is 0 Å². The highest BCUT2D eigenvalue weighted by atomic mass is 79.9. The van der Waals surface area contributed by atoms with Gasteiger partial charge in [0.2, 0.25) is 0 Å². The van der Waals surface area contributed by atoms with Gasteiger partial charge in [0.15, 0.2) is 5.54 Å². The second-order valence-corrected chi connectivity index (χ2v) is 11.3. The first-order valence-electron chi connectivity index (χ1n) is 11.4. The van der Waals surface area contributed by atoms with Crippen LogP contribution in [0.1, 0.15) is 22.6 Å². The van der Waals surface area contributed by atoms with E-state index in [4.69, 9.17) is 4.74 Å². The van der Waals surface area contributed by atoms with E-state index in [-0.39, 0.29) is 17.6 Å². The Morgan fingerprint density at radius 3 is 2.64 bits per heavy atom. The van der Waals surface area contributed by atoms with Crippen LogP contribution >= 0.6 is 27.7 Å². The molecule has 2 spiro atoms. The summed E-state index contributed by atoms with van der Waals surface area (Å²) < 4.78 is 6.73. The van der Waals surface area contributed by atoms with Crippen LogP contribution in [0.2, 0.25) is 0 Å². The van der Waals surface area contributed by atoms with E-state index in [0.717, 1.165) is 15.6 Å². The molecule has 0 aliphatic carbocycles. The molecular weight excluding hydrogens is 546 g/mol. The largest absolute Gasteiger partial charge is 0.425 e. The van der Waals surface area contributed by atoms with Crippen molar-refractivity contribution in [1.82, 2.24) is 4.90 Å². The first-order valence-corrected chi connectivity index (χ1v) is 13.4. The smallest absolute Gasteiger partial charge is 0.325 e. The number of nitrogens with zero attached hydrogens (tertiary/aromatic N) is 2. The van der Waals surface area contributed by atoms with Crippen LogP contribution in [0.15, 0.2) is 71.2 Å². The SMILES string of the molecule is O=C1Oc2ccccc2[C@@]12[C@H](c1ccc([N+](=O)[O-])cc1)[C@H]1CSCN1[C@]21C(=O)Nc2ccc(Br)cc21. The number of nitrogens with one attached hydrogen (secondary N) is 1. The summed E-state index contributed by atoms with van der Waals surface area (Å²) in [4.78, 5) is 41.6. The fourth-order valence-electron chi connectivity index (χ4n) is 6.84. The molecule has 0 unspecified atom stereocenters. The summed E-state index contributed by atoms with van der Waals surface area (Å²) in [5, 5.41) is 14.4. The predicted molar refractivity (Wildman–Crippen MR) is 137 cm³/mol. The van der Waals surface area contributed by atoms with Crippen molar-refractivity contribution in [3.63, 3.8) is 0 Å². The average Bonchev–Trinajstić information content (AvgIpc) is 3.58. The third-order valence-corrected chi connectivity index (χ3v) is 9.55. The molecule has 4 aliphatic rings. The van der Waals surface area contributed by atoms with Crippen LogP contribution in [-0.4, -0.2) is 39.4 Å². The highest BCUT2D eigenvalue weighted by molar-refractivity contribution is 9.10. The molecule has 0 radical (unpaired) electrons. The van der Waals surface area contributed by atoms with Crippen LogP contribution in [0.3, 0.4) is 0 Å². The lowest BCUT2D eigenvalue weighted by Gasteiger charge is -2.42. The van der Waals surface area contributed by atoms with E-state index < -0.39 is 27.8 Å². The molecule has 3 aromatic rings. The summed E-state index contributed by atoms with van der Waals surface area (Å²) in [6.45, 7) is 0. The molecule has 7 rings (SSSR count). The number of carbonyl (C=O) groups excluding carboxylic acids is 2. The highest BCUT2D eigenvalue weighted by Crippen LogP contribution is 2.70. The van der Waals surface area contributed by atoms with Crippen LogP contribution in [0.4, 0.5) is 11.4 Å². The Morgan fingerprint density at radius 2 is 1.86 bits per heavy atom. The number of ether oxygens (including phenoxy) is 1. The lowest BCUT2D eigenvalue weighted by Crippen LogP contribution is -2.61. The Morgan fingerprint density at radius 1 is 1.08 bits per heavy atom. The number of non-ortho nitro benzene ring substituents is 1. The van der Waals surface area contributed by atoms with Gasteiger partial charge in [-0.15, -0.1) is 11.8 Å². The summed E-state index contributed by atoms with van der Waals surface area (Å²) in [6.07, 6.45) is 0. The van der Waals surface area contributed by atoms with E-state index in [1.54, 1.807) is 30.0 Å². The van der Waals surface area contributed by atoms with Crippen molar-refractivity contribution in [2.45, 2.75) is 22.9 Å². The molecule has 4 atom stereocenters. The third-order valence-electron chi connectivity index (χ3n) is 8.02. The van der Waals surface area contributed by atoms with E-state index >= 15 is 0 Å². The topological polar surface area (TPSA) is 102 Å². The first kappa shape index (κ1) is 22.0. The molecule has 4 heterocycles. The highest BCUT2D eigenvalue weighted by Gasteiger charge is 2.81. The fraction of sp³-hybridized carbons (Fsp3) is 0.231. The molecule has 36 heavy (non-hydrogen) atoms. The van der Waals surface area contributed by atoms with Gasteiger partial charge in [0.1, 0.15) is 11.2 Å². The number of amides is 1. The van der Waals surface area contributed by atoms with Crippen molar-refractivity contribution >= 4 is 50.9 Å². The molecule has 1 amide bonds. The van der Waals surface area contributed by atoms with Gasteiger partial charge in [-0.3, -0.25) is 24.6 Å². The number of carbonyl (C=O) groups is 2. The number of anilines is 1. The maximum atomic E-state index is 14.3. The van der Waals surface area contributed by atoms with Gasteiger partial charge < -0.3 is 10.1 Å². The zero-order chi connectivity index (χ0) is 24.8. The van der Waals surface area contributed by atoms with Gasteiger partial charge in [0, 0.05) is 57.0 Å². The van der Waals surface area contributed by atoms with E-state index in [1.165, 1.54) is 12.1 Å². The molecule has 2 saturated heterocycles. The van der Waals surface area contributed by atoms with Crippen LogP contribution in [0, 0.1) is 10.1 Å². The lowest BCUT2D eigenvalue weighted by atomic mass is 9.57. The number of fused-ring (bicyclic) bond motifs is 7. The monoisotopic (exact) mass is 563 g/mol. The predicted octanol–water partition coefficient (Wildman–Crippen LogP) is 4.53. The Balaban J connectivity index is 1.60. The van der Waals surface area contributed by atoms with Gasteiger partial charge in [-0.05, 0) is 29.8 Å². The number of rotatable bonds is 2. The minimum atomic E-state index is -1.39. The summed E-state index contributed by atoms with van der Waals surface area (Å²) >= 11 is 5.28. The number of nitro groups is 1. The normalized spacial score (nSPS) is 29.8. The number of esters is 1. The van der Waals surface area contributed by atoms with Gasteiger partial charge in [-0.1, -0.05) is 46.3 Å². The van der Waals surface area contributed by atoms with Crippen LogP contribution in [0.5, 0.6) is 5.75 Å². The van der Waals surface area contributed by atoms with Crippen LogP contribution < -0.4 is 10.1 Å². The zero-order valence-electron chi connectivity index (χ0n) is 18.6. The first-order chi connectivity index (χ1) is 17.4. The molecule has 8 nitrogen and oxygen atoms in total. The molecule has 0 aromatic heterocycles. The summed E-state index contributed by atoms with van der Waals surface area (Å²) in [5.41, 5.74) is 0.0611. The second kappa shape index (κ2) is 7.41. The number of hydrogen-bond acceptors (Lipinski definition) is 7. The Kier molecular flexibility index (Phi) is 4.53. The molecule has 180 valence electrons. The number of para-hydroxylation sites is 1. The number of halogens is 1. The number of hydrogen-bond donors (Lipinski definition) is 1. The van der Waals surface area contributed by atoms with Crippen molar-refractivity contribution < 1.29 is 19.2 Å². The molecule has 0 saturated carbocycles. The van der Waals surface area contributed by atoms with Crippen molar-refractivity contribution in [3.05, 3.63) is 98.0 Å². The average molecular weight is 564 g/mol. The fourth-order valence-corrected chi connectivity index (χ4v) is 8.50. The zero-order valence-corrected chi connectivity index (χ0v) is 21.0. The quantitative estimate of drug-likeness (QED) is 0.211. The van der Waals surface area contributed by atoms with Gasteiger partial charge in [0.05, 0.1) is 4.92 Å². The number of benzene rings is 3. The summed E-state index contributed by atoms with van der Waals surface area (Å²) in [7, 11) is 0. The van der Waals surface area contributed by atoms with Gasteiger partial charge in [-0.25, -0.2) is 0 Å². The van der Waals surface area contributed by atoms with Crippen LogP contribution in [0.25, 0.3) is 0 Å². The van der Waals surface area contributed by atoms with Gasteiger partial charge >= 0.3 is 5.97 Å². The molecule has 3 aromatic carbocycles. The molecule has 2 fully saturated rings. The summed E-state index contributed by atoms with van der Waals surface area (Å²) in [6, 6.07) is 19.1. The molecule has 0 bridgehead atoms.